The summed E-state index contributed by atoms with van der Waals surface area (Å²) in [6.45, 7) is 2.19. The highest BCUT2D eigenvalue weighted by molar-refractivity contribution is 6.07. The zero-order chi connectivity index (χ0) is 23.3. The zero-order valence-corrected chi connectivity index (χ0v) is 18.7. The number of esters is 1. The summed E-state index contributed by atoms with van der Waals surface area (Å²) in [6, 6.07) is 9.58. The third kappa shape index (κ3) is 4.49. The molecular weight excluding hydrogens is 417 g/mol. The molecule has 3 rings (SSSR count). The summed E-state index contributed by atoms with van der Waals surface area (Å²) >= 11 is 0. The van der Waals surface area contributed by atoms with E-state index in [0.29, 0.717) is 36.6 Å². The van der Waals surface area contributed by atoms with Gasteiger partial charge in [0, 0.05) is 12.5 Å². The largest absolute Gasteiger partial charge is 0.493 e. The van der Waals surface area contributed by atoms with Crippen LogP contribution in [0.5, 0.6) is 17.2 Å². The van der Waals surface area contributed by atoms with Gasteiger partial charge in [0.1, 0.15) is 5.82 Å². The molecule has 0 unspecified atom stereocenters. The van der Waals surface area contributed by atoms with Gasteiger partial charge in [-0.15, -0.1) is 0 Å². The van der Waals surface area contributed by atoms with Crippen LogP contribution in [-0.2, 0) is 20.7 Å². The van der Waals surface area contributed by atoms with Gasteiger partial charge in [-0.3, -0.25) is 9.59 Å². The van der Waals surface area contributed by atoms with Gasteiger partial charge < -0.3 is 24.3 Å². The van der Waals surface area contributed by atoms with Crippen molar-refractivity contribution in [2.24, 2.45) is 5.41 Å². The van der Waals surface area contributed by atoms with E-state index in [1.54, 1.807) is 31.2 Å². The Kier molecular flexibility index (Phi) is 7.22. The molecule has 7 nitrogen and oxygen atoms in total. The molecule has 1 aliphatic carbocycles. The molecule has 32 heavy (non-hydrogen) atoms. The molecule has 1 amide bonds. The van der Waals surface area contributed by atoms with E-state index in [4.69, 9.17) is 18.9 Å². The summed E-state index contributed by atoms with van der Waals surface area (Å²) in [5.41, 5.74) is 0.291. The topological polar surface area (TPSA) is 83.1 Å². The van der Waals surface area contributed by atoms with E-state index in [1.807, 2.05) is 0 Å². The molecular formula is C24H28FNO6. The van der Waals surface area contributed by atoms with E-state index in [1.165, 1.54) is 33.5 Å². The lowest BCUT2D eigenvalue weighted by molar-refractivity contribution is -0.154. The first-order valence-corrected chi connectivity index (χ1v) is 10.4. The lowest BCUT2D eigenvalue weighted by Gasteiger charge is -2.18. The number of halogens is 1. The van der Waals surface area contributed by atoms with Gasteiger partial charge in [-0.2, -0.15) is 0 Å². The Morgan fingerprint density at radius 3 is 2.22 bits per heavy atom. The zero-order valence-electron chi connectivity index (χ0n) is 18.7. The van der Waals surface area contributed by atoms with Crippen molar-refractivity contribution in [3.05, 3.63) is 53.3 Å². The van der Waals surface area contributed by atoms with E-state index in [0.717, 1.165) is 11.1 Å². The summed E-state index contributed by atoms with van der Waals surface area (Å²) in [6.07, 6.45) is 0.826. The van der Waals surface area contributed by atoms with Crippen LogP contribution in [0.25, 0.3) is 0 Å². The van der Waals surface area contributed by atoms with Crippen molar-refractivity contribution in [3.63, 3.8) is 0 Å². The predicted molar refractivity (Wildman–Crippen MR) is 116 cm³/mol. The summed E-state index contributed by atoms with van der Waals surface area (Å²) in [4.78, 5) is 26.0. The minimum Gasteiger partial charge on any atom is -0.493 e. The number of rotatable bonds is 10. The fourth-order valence-corrected chi connectivity index (χ4v) is 3.93. The predicted octanol–water partition coefficient (Wildman–Crippen LogP) is 3.25. The number of hydrogen-bond acceptors (Lipinski definition) is 6. The Morgan fingerprint density at radius 2 is 1.69 bits per heavy atom. The quantitative estimate of drug-likeness (QED) is 0.447. The highest BCUT2D eigenvalue weighted by atomic mass is 19.1. The summed E-state index contributed by atoms with van der Waals surface area (Å²) in [7, 11) is 4.53. The Balaban J connectivity index is 1.81. The van der Waals surface area contributed by atoms with Crippen LogP contribution in [-0.4, -0.2) is 46.4 Å². The SMILES string of the molecule is CCOC(=O)[C@@]1(C(=O)NCCc2ccc(F)cc2)C[C@H]1c1cc(OC)c(OC)c(OC)c1. The Bertz CT molecular complexity index is 952. The summed E-state index contributed by atoms with van der Waals surface area (Å²) in [5.74, 6) is -0.322. The van der Waals surface area contributed by atoms with Crippen molar-refractivity contribution in [2.45, 2.75) is 25.7 Å². The number of methoxy groups -OCH3 is 3. The molecule has 2 aromatic rings. The molecule has 0 radical (unpaired) electrons. The Morgan fingerprint density at radius 1 is 1.06 bits per heavy atom. The maximum absolute atomic E-state index is 13.1. The van der Waals surface area contributed by atoms with Crippen LogP contribution in [0.4, 0.5) is 4.39 Å². The fraction of sp³-hybridized carbons (Fsp3) is 0.417. The van der Waals surface area contributed by atoms with Crippen molar-refractivity contribution in [3.8, 4) is 17.2 Å². The second-order valence-corrected chi connectivity index (χ2v) is 7.54. The van der Waals surface area contributed by atoms with Gasteiger partial charge in [0.2, 0.25) is 11.7 Å². The van der Waals surface area contributed by atoms with E-state index >= 15 is 0 Å². The standard InChI is InChI=1S/C24H28FNO6/c1-5-32-23(28)24(22(27)26-11-10-15-6-8-17(25)9-7-15)14-18(24)16-12-19(29-2)21(31-4)20(13-16)30-3/h6-9,12-13,18H,5,10-11,14H2,1-4H3,(H,26,27)/t18-,24-/m0/s1. The molecule has 1 aliphatic rings. The number of amides is 1. The van der Waals surface area contributed by atoms with Gasteiger partial charge in [-0.1, -0.05) is 12.1 Å². The average molecular weight is 445 g/mol. The summed E-state index contributed by atoms with van der Waals surface area (Å²) in [5, 5.41) is 2.85. The molecule has 0 spiro atoms. The van der Waals surface area contributed by atoms with Crippen LogP contribution in [0.2, 0.25) is 0 Å². The van der Waals surface area contributed by atoms with Crippen molar-refractivity contribution in [1.29, 1.82) is 0 Å². The highest BCUT2D eigenvalue weighted by Crippen LogP contribution is 2.61. The molecule has 0 aliphatic heterocycles. The minimum absolute atomic E-state index is 0.172. The first kappa shape index (κ1) is 23.4. The lowest BCUT2D eigenvalue weighted by atomic mass is 9.97. The van der Waals surface area contributed by atoms with Crippen LogP contribution in [0.1, 0.15) is 30.4 Å². The first-order valence-electron chi connectivity index (χ1n) is 10.4. The summed E-state index contributed by atoms with van der Waals surface area (Å²) < 4.78 is 34.5. The van der Waals surface area contributed by atoms with E-state index in [-0.39, 0.29) is 18.3 Å². The third-order valence-corrected chi connectivity index (χ3v) is 5.71. The number of carbonyl (C=O) groups excluding carboxylic acids is 2. The number of benzene rings is 2. The molecule has 0 saturated heterocycles. The monoisotopic (exact) mass is 445 g/mol. The molecule has 1 N–H and O–H groups in total. The van der Waals surface area contributed by atoms with Crippen LogP contribution < -0.4 is 19.5 Å². The molecule has 1 fully saturated rings. The van der Waals surface area contributed by atoms with Crippen LogP contribution in [0, 0.1) is 11.2 Å². The average Bonchev–Trinajstić information content (AvgIpc) is 3.56. The number of ether oxygens (including phenoxy) is 4. The van der Waals surface area contributed by atoms with Gasteiger partial charge >= 0.3 is 5.97 Å². The van der Waals surface area contributed by atoms with Crippen molar-refractivity contribution in [2.75, 3.05) is 34.5 Å². The maximum atomic E-state index is 13.1. The highest BCUT2D eigenvalue weighted by Gasteiger charge is 2.67. The molecule has 2 atom stereocenters. The van der Waals surface area contributed by atoms with Crippen molar-refractivity contribution in [1.82, 2.24) is 5.32 Å². The second-order valence-electron chi connectivity index (χ2n) is 7.54. The molecule has 0 bridgehead atoms. The van der Waals surface area contributed by atoms with Crippen molar-refractivity contribution < 1.29 is 32.9 Å². The lowest BCUT2D eigenvalue weighted by Crippen LogP contribution is -2.40. The van der Waals surface area contributed by atoms with Crippen LogP contribution in [0.15, 0.2) is 36.4 Å². The van der Waals surface area contributed by atoms with Crippen LogP contribution >= 0.6 is 0 Å². The Labute approximate surface area is 186 Å². The number of carbonyl (C=O) groups is 2. The first-order chi connectivity index (χ1) is 15.4. The number of hydrogen-bond donors (Lipinski definition) is 1. The third-order valence-electron chi connectivity index (χ3n) is 5.71. The molecule has 0 heterocycles. The fourth-order valence-electron chi connectivity index (χ4n) is 3.93. The molecule has 2 aromatic carbocycles. The minimum atomic E-state index is -1.32. The van der Waals surface area contributed by atoms with Gasteiger partial charge in [-0.05, 0) is 55.2 Å². The smallest absolute Gasteiger partial charge is 0.322 e. The van der Waals surface area contributed by atoms with Gasteiger partial charge in [0.25, 0.3) is 0 Å². The van der Waals surface area contributed by atoms with Crippen LogP contribution in [0.3, 0.4) is 0 Å². The normalized spacial score (nSPS) is 19.1. The molecule has 172 valence electrons. The van der Waals surface area contributed by atoms with Gasteiger partial charge in [-0.25, -0.2) is 4.39 Å². The maximum Gasteiger partial charge on any atom is 0.322 e. The van der Waals surface area contributed by atoms with E-state index in [9.17, 15) is 14.0 Å². The molecule has 8 heteroatoms. The second kappa shape index (κ2) is 9.89. The molecule has 0 aromatic heterocycles. The van der Waals surface area contributed by atoms with E-state index < -0.39 is 17.3 Å². The number of nitrogens with one attached hydrogen (secondary N) is 1. The van der Waals surface area contributed by atoms with Gasteiger partial charge in [0.15, 0.2) is 16.9 Å². The van der Waals surface area contributed by atoms with E-state index in [2.05, 4.69) is 5.32 Å². The molecule has 1 saturated carbocycles. The Hall–Kier alpha value is -3.29. The van der Waals surface area contributed by atoms with Gasteiger partial charge in [0.05, 0.1) is 27.9 Å². The van der Waals surface area contributed by atoms with Crippen molar-refractivity contribution >= 4 is 11.9 Å².